The van der Waals surface area contributed by atoms with Gasteiger partial charge < -0.3 is 5.32 Å². The van der Waals surface area contributed by atoms with E-state index in [9.17, 15) is 9.18 Å². The van der Waals surface area contributed by atoms with Crippen LogP contribution in [0.1, 0.15) is 48.5 Å². The Morgan fingerprint density at radius 1 is 1.47 bits per heavy atom. The van der Waals surface area contributed by atoms with E-state index in [4.69, 9.17) is 0 Å². The Morgan fingerprint density at radius 2 is 2.26 bits per heavy atom. The second-order valence-electron chi connectivity index (χ2n) is 5.54. The SMILES string of the molecule is CCC1CCNC(CC(=O)c2ccc(C)c(F)c2)C1. The molecule has 1 saturated heterocycles. The third kappa shape index (κ3) is 3.63. The van der Waals surface area contributed by atoms with Crippen molar-refractivity contribution in [3.8, 4) is 0 Å². The first kappa shape index (κ1) is 14.2. The van der Waals surface area contributed by atoms with Crippen molar-refractivity contribution in [2.75, 3.05) is 6.54 Å². The molecule has 0 amide bonds. The smallest absolute Gasteiger partial charge is 0.164 e. The second kappa shape index (κ2) is 6.29. The van der Waals surface area contributed by atoms with Gasteiger partial charge in [-0.05, 0) is 43.9 Å². The zero-order valence-electron chi connectivity index (χ0n) is 11.7. The Labute approximate surface area is 114 Å². The third-order valence-corrected chi connectivity index (χ3v) is 4.11. The topological polar surface area (TPSA) is 29.1 Å². The molecule has 1 heterocycles. The molecule has 104 valence electrons. The van der Waals surface area contributed by atoms with Gasteiger partial charge in [0.1, 0.15) is 5.82 Å². The van der Waals surface area contributed by atoms with Gasteiger partial charge in [0.25, 0.3) is 0 Å². The number of rotatable bonds is 4. The van der Waals surface area contributed by atoms with Gasteiger partial charge in [0, 0.05) is 18.0 Å². The summed E-state index contributed by atoms with van der Waals surface area (Å²) in [6.07, 6.45) is 3.89. The van der Waals surface area contributed by atoms with Crippen LogP contribution in [0.15, 0.2) is 18.2 Å². The number of nitrogens with one attached hydrogen (secondary N) is 1. The number of carbonyl (C=O) groups is 1. The Balaban J connectivity index is 1.98. The van der Waals surface area contributed by atoms with Crippen LogP contribution in [0.3, 0.4) is 0 Å². The molecule has 2 atom stereocenters. The summed E-state index contributed by atoms with van der Waals surface area (Å²) in [5.74, 6) is 0.454. The van der Waals surface area contributed by atoms with Crippen LogP contribution in [0.25, 0.3) is 0 Å². The van der Waals surface area contributed by atoms with Gasteiger partial charge in [0.05, 0.1) is 0 Å². The fourth-order valence-corrected chi connectivity index (χ4v) is 2.73. The number of halogens is 1. The van der Waals surface area contributed by atoms with Crippen molar-refractivity contribution in [1.82, 2.24) is 5.32 Å². The van der Waals surface area contributed by atoms with Crippen molar-refractivity contribution in [1.29, 1.82) is 0 Å². The molecule has 0 radical (unpaired) electrons. The van der Waals surface area contributed by atoms with Crippen LogP contribution in [0.2, 0.25) is 0 Å². The maximum Gasteiger partial charge on any atom is 0.164 e. The van der Waals surface area contributed by atoms with Crippen LogP contribution in [-0.4, -0.2) is 18.4 Å². The van der Waals surface area contributed by atoms with Crippen molar-refractivity contribution in [2.45, 2.75) is 45.6 Å². The quantitative estimate of drug-likeness (QED) is 0.843. The van der Waals surface area contributed by atoms with Crippen molar-refractivity contribution in [3.05, 3.63) is 35.1 Å². The number of carbonyl (C=O) groups excluding carboxylic acids is 1. The number of benzene rings is 1. The Morgan fingerprint density at radius 3 is 2.95 bits per heavy atom. The Kier molecular flexibility index (Phi) is 4.70. The van der Waals surface area contributed by atoms with Crippen LogP contribution in [0, 0.1) is 18.7 Å². The Hall–Kier alpha value is -1.22. The van der Waals surface area contributed by atoms with Gasteiger partial charge in [-0.15, -0.1) is 0 Å². The number of aryl methyl sites for hydroxylation is 1. The fourth-order valence-electron chi connectivity index (χ4n) is 2.73. The van der Waals surface area contributed by atoms with E-state index >= 15 is 0 Å². The molecule has 0 saturated carbocycles. The second-order valence-corrected chi connectivity index (χ2v) is 5.54. The fraction of sp³-hybridized carbons (Fsp3) is 0.562. The lowest BCUT2D eigenvalue weighted by Gasteiger charge is -2.29. The molecule has 1 fully saturated rings. The van der Waals surface area contributed by atoms with Crippen LogP contribution >= 0.6 is 0 Å². The molecule has 0 aliphatic carbocycles. The highest BCUT2D eigenvalue weighted by molar-refractivity contribution is 5.96. The molecule has 0 bridgehead atoms. The predicted molar refractivity (Wildman–Crippen MR) is 74.9 cm³/mol. The van der Waals surface area contributed by atoms with E-state index < -0.39 is 0 Å². The van der Waals surface area contributed by atoms with Gasteiger partial charge >= 0.3 is 0 Å². The first-order valence-electron chi connectivity index (χ1n) is 7.13. The highest BCUT2D eigenvalue weighted by atomic mass is 19.1. The molecule has 1 N–H and O–H groups in total. The number of ketones is 1. The minimum absolute atomic E-state index is 0.0353. The van der Waals surface area contributed by atoms with E-state index in [0.29, 0.717) is 23.5 Å². The minimum atomic E-state index is -0.297. The van der Waals surface area contributed by atoms with E-state index in [0.717, 1.165) is 13.0 Å². The lowest BCUT2D eigenvalue weighted by atomic mass is 9.87. The summed E-state index contributed by atoms with van der Waals surface area (Å²) >= 11 is 0. The maximum atomic E-state index is 13.5. The average Bonchev–Trinajstić information content (AvgIpc) is 2.42. The molecule has 2 nitrogen and oxygen atoms in total. The molecule has 2 unspecified atom stereocenters. The molecule has 1 aliphatic rings. The van der Waals surface area contributed by atoms with Gasteiger partial charge in [-0.3, -0.25) is 4.79 Å². The third-order valence-electron chi connectivity index (χ3n) is 4.11. The van der Waals surface area contributed by atoms with Gasteiger partial charge in [0.2, 0.25) is 0 Å². The van der Waals surface area contributed by atoms with Gasteiger partial charge in [0.15, 0.2) is 5.78 Å². The molecule has 1 aromatic carbocycles. The summed E-state index contributed by atoms with van der Waals surface area (Å²) in [6, 6.07) is 5.00. The van der Waals surface area contributed by atoms with Crippen molar-refractivity contribution in [2.24, 2.45) is 5.92 Å². The normalized spacial score (nSPS) is 23.3. The summed E-state index contributed by atoms with van der Waals surface area (Å²) < 4.78 is 13.5. The monoisotopic (exact) mass is 263 g/mol. The number of hydrogen-bond acceptors (Lipinski definition) is 2. The van der Waals surface area contributed by atoms with E-state index in [1.54, 1.807) is 19.1 Å². The summed E-state index contributed by atoms with van der Waals surface area (Å²) in [4.78, 5) is 12.2. The highest BCUT2D eigenvalue weighted by Crippen LogP contribution is 2.22. The van der Waals surface area contributed by atoms with E-state index in [-0.39, 0.29) is 17.6 Å². The molecule has 19 heavy (non-hydrogen) atoms. The van der Waals surface area contributed by atoms with E-state index in [1.807, 2.05) is 0 Å². The van der Waals surface area contributed by atoms with Gasteiger partial charge in [-0.1, -0.05) is 25.5 Å². The molecule has 0 spiro atoms. The molecule has 0 aromatic heterocycles. The van der Waals surface area contributed by atoms with Gasteiger partial charge in [-0.25, -0.2) is 4.39 Å². The Bertz CT molecular complexity index is 458. The molecule has 1 aliphatic heterocycles. The highest BCUT2D eigenvalue weighted by Gasteiger charge is 2.23. The lowest BCUT2D eigenvalue weighted by Crippen LogP contribution is -2.39. The summed E-state index contributed by atoms with van der Waals surface area (Å²) in [5, 5.41) is 3.40. The molecule has 1 aromatic rings. The lowest BCUT2D eigenvalue weighted by molar-refractivity contribution is 0.0956. The van der Waals surface area contributed by atoms with Crippen molar-refractivity contribution in [3.63, 3.8) is 0 Å². The van der Waals surface area contributed by atoms with E-state index in [1.165, 1.54) is 18.9 Å². The first-order chi connectivity index (χ1) is 9.10. The summed E-state index contributed by atoms with van der Waals surface area (Å²) in [5.41, 5.74) is 1.07. The molecular formula is C16H22FNO. The van der Waals surface area contributed by atoms with Crippen molar-refractivity contribution < 1.29 is 9.18 Å². The van der Waals surface area contributed by atoms with Crippen LogP contribution in [0.4, 0.5) is 4.39 Å². The van der Waals surface area contributed by atoms with Crippen LogP contribution in [0.5, 0.6) is 0 Å². The van der Waals surface area contributed by atoms with Crippen molar-refractivity contribution >= 4 is 5.78 Å². The zero-order valence-corrected chi connectivity index (χ0v) is 11.7. The average molecular weight is 263 g/mol. The maximum absolute atomic E-state index is 13.5. The minimum Gasteiger partial charge on any atom is -0.314 e. The molecular weight excluding hydrogens is 241 g/mol. The predicted octanol–water partition coefficient (Wildman–Crippen LogP) is 3.49. The zero-order chi connectivity index (χ0) is 13.8. The first-order valence-corrected chi connectivity index (χ1v) is 7.13. The largest absolute Gasteiger partial charge is 0.314 e. The molecule has 2 rings (SSSR count). The van der Waals surface area contributed by atoms with Gasteiger partial charge in [-0.2, -0.15) is 0 Å². The number of piperidine rings is 1. The number of hydrogen-bond donors (Lipinski definition) is 1. The van der Waals surface area contributed by atoms with E-state index in [2.05, 4.69) is 12.2 Å². The molecule has 3 heteroatoms. The van der Waals surface area contributed by atoms with Crippen LogP contribution < -0.4 is 5.32 Å². The standard InChI is InChI=1S/C16H22FNO/c1-3-12-6-7-18-14(8-12)10-16(19)13-5-4-11(2)15(17)9-13/h4-5,9,12,14,18H,3,6-8,10H2,1-2H3. The number of Topliss-reactive ketones (excluding diaryl/α,β-unsaturated/α-hetero) is 1. The summed E-state index contributed by atoms with van der Waals surface area (Å²) in [7, 11) is 0. The van der Waals surface area contributed by atoms with Crippen LogP contribution in [-0.2, 0) is 0 Å². The summed E-state index contributed by atoms with van der Waals surface area (Å²) in [6.45, 7) is 4.89.